The molecular formula is C36H43IO12. The van der Waals surface area contributed by atoms with Gasteiger partial charge < -0.3 is 0 Å². The van der Waals surface area contributed by atoms with Gasteiger partial charge >= 0.3 is 294 Å². The zero-order valence-corrected chi connectivity index (χ0v) is 30.7. The molecule has 1 aromatic rings. The summed E-state index contributed by atoms with van der Waals surface area (Å²) in [6.45, 7) is 11.0. The minimum absolute atomic E-state index is 0.0969. The summed E-state index contributed by atoms with van der Waals surface area (Å²) >= 11 is -3.65. The van der Waals surface area contributed by atoms with Crippen LogP contribution in [-0.4, -0.2) is 60.2 Å². The second-order valence-corrected chi connectivity index (χ2v) is 19.1. The Kier molecular flexibility index (Phi) is 8.14. The van der Waals surface area contributed by atoms with Crippen molar-refractivity contribution >= 4 is 56.5 Å². The number of ether oxygens (including phenoxy) is 4. The molecule has 2 saturated heterocycles. The molecule has 0 aromatic heterocycles. The van der Waals surface area contributed by atoms with Crippen molar-refractivity contribution < 1.29 is 53.8 Å². The molecule has 4 saturated carbocycles. The van der Waals surface area contributed by atoms with Crippen molar-refractivity contribution in [3.63, 3.8) is 0 Å². The fourth-order valence-electron chi connectivity index (χ4n) is 8.61. The number of carbonyl (C=O) groups excluding carboxylic acids is 6. The molecule has 0 radical (unpaired) electrons. The van der Waals surface area contributed by atoms with Crippen LogP contribution in [0.15, 0.2) is 30.3 Å². The summed E-state index contributed by atoms with van der Waals surface area (Å²) in [4.78, 5) is 81.0. The van der Waals surface area contributed by atoms with Gasteiger partial charge in [0.25, 0.3) is 0 Å². The van der Waals surface area contributed by atoms with Crippen molar-refractivity contribution in [3.8, 4) is 0 Å². The van der Waals surface area contributed by atoms with Gasteiger partial charge in [-0.25, -0.2) is 0 Å². The molecule has 4 aliphatic carbocycles. The van der Waals surface area contributed by atoms with E-state index in [-0.39, 0.29) is 36.6 Å². The van der Waals surface area contributed by atoms with Crippen LogP contribution in [0.4, 0.5) is 0 Å². The zero-order valence-electron chi connectivity index (χ0n) is 28.5. The first-order valence-corrected chi connectivity index (χ1v) is 20.0. The Labute approximate surface area is 293 Å². The average Bonchev–Trinajstić information content (AvgIpc) is 3.88. The number of benzene rings is 1. The number of fused-ring (bicyclic) bond motifs is 2. The van der Waals surface area contributed by atoms with Crippen molar-refractivity contribution in [1.29, 1.82) is 0 Å². The Morgan fingerprint density at radius 3 is 1.53 bits per heavy atom. The Hall–Kier alpha value is -3.23. The van der Waals surface area contributed by atoms with Gasteiger partial charge in [0, 0.05) is 0 Å². The van der Waals surface area contributed by atoms with E-state index in [9.17, 15) is 28.8 Å². The van der Waals surface area contributed by atoms with E-state index >= 15 is 0 Å². The predicted molar refractivity (Wildman–Crippen MR) is 176 cm³/mol. The van der Waals surface area contributed by atoms with E-state index in [1.807, 2.05) is 13.8 Å². The van der Waals surface area contributed by atoms with Crippen molar-refractivity contribution in [1.82, 2.24) is 0 Å². The van der Waals surface area contributed by atoms with Crippen LogP contribution in [0.2, 0.25) is 0 Å². The second kappa shape index (κ2) is 11.7. The van der Waals surface area contributed by atoms with Gasteiger partial charge in [-0.15, -0.1) is 0 Å². The van der Waals surface area contributed by atoms with Crippen LogP contribution in [0.1, 0.15) is 80.1 Å². The molecule has 13 heteroatoms. The summed E-state index contributed by atoms with van der Waals surface area (Å²) < 4.78 is 35.8. The summed E-state index contributed by atoms with van der Waals surface area (Å²) in [6, 6.07) is 8.58. The van der Waals surface area contributed by atoms with E-state index in [2.05, 4.69) is 0 Å². The maximum atomic E-state index is 14.1. The van der Waals surface area contributed by atoms with E-state index < -0.39 is 102 Å². The molecule has 0 N–H and O–H groups in total. The first kappa shape index (κ1) is 34.2. The molecular weight excluding hydrogens is 751 g/mol. The maximum absolute atomic E-state index is 14.1. The van der Waals surface area contributed by atoms with Crippen LogP contribution in [0, 0.1) is 48.9 Å². The molecule has 12 nitrogen and oxygen atoms in total. The Morgan fingerprint density at radius 1 is 0.735 bits per heavy atom. The summed E-state index contributed by atoms with van der Waals surface area (Å²) in [5.74, 6) is -5.48. The van der Waals surface area contributed by atoms with E-state index in [0.29, 0.717) is 29.3 Å². The van der Waals surface area contributed by atoms with E-state index in [1.54, 1.807) is 58.0 Å². The monoisotopic (exact) mass is 794 g/mol. The second-order valence-electron chi connectivity index (χ2n) is 15.8. The van der Waals surface area contributed by atoms with Crippen molar-refractivity contribution in [2.75, 3.05) is 0 Å². The number of rotatable bonds is 11. The summed E-state index contributed by atoms with van der Waals surface area (Å²) in [6.07, 6.45) is -0.571. The molecule has 0 spiro atoms. The number of hydrogen-bond acceptors (Lipinski definition) is 12. The molecule has 49 heavy (non-hydrogen) atoms. The topological polar surface area (TPSA) is 158 Å². The summed E-state index contributed by atoms with van der Waals surface area (Å²) in [7, 11) is 0. The van der Waals surface area contributed by atoms with Gasteiger partial charge in [0.05, 0.1) is 0 Å². The third kappa shape index (κ3) is 4.94. The summed E-state index contributed by atoms with van der Waals surface area (Å²) in [5, 5.41) is 0. The quantitative estimate of drug-likeness (QED) is 0.130. The van der Waals surface area contributed by atoms with Crippen LogP contribution >= 0.6 is 20.6 Å². The van der Waals surface area contributed by atoms with Gasteiger partial charge in [-0.2, -0.15) is 0 Å². The van der Waals surface area contributed by atoms with Crippen LogP contribution < -0.4 is 0 Å². The Morgan fingerprint density at radius 2 is 1.14 bits per heavy atom. The molecule has 4 bridgehead atoms. The Bertz CT molecular complexity index is 1510. The van der Waals surface area contributed by atoms with Gasteiger partial charge in [-0.05, 0) is 0 Å². The van der Waals surface area contributed by atoms with Crippen LogP contribution in [-0.2, 0) is 53.8 Å². The zero-order chi connectivity index (χ0) is 35.3. The number of hydrogen-bond donors (Lipinski definition) is 0. The van der Waals surface area contributed by atoms with Crippen molar-refractivity contribution in [2.45, 2.75) is 104 Å². The fraction of sp³-hybridized carbons (Fsp3) is 0.667. The molecule has 2 aliphatic heterocycles. The number of carbonyl (C=O) groups is 6. The average molecular weight is 795 g/mol. The predicted octanol–water partition coefficient (Wildman–Crippen LogP) is 4.88. The molecule has 266 valence electrons. The van der Waals surface area contributed by atoms with Gasteiger partial charge in [-0.3, -0.25) is 0 Å². The van der Waals surface area contributed by atoms with Crippen molar-refractivity contribution in [2.24, 2.45) is 45.3 Å². The van der Waals surface area contributed by atoms with Gasteiger partial charge in [-0.1, -0.05) is 0 Å². The van der Waals surface area contributed by atoms with Gasteiger partial charge in [0.15, 0.2) is 0 Å². The molecule has 2 heterocycles. The molecule has 1 aromatic carbocycles. The van der Waals surface area contributed by atoms with Gasteiger partial charge in [0.1, 0.15) is 0 Å². The molecule has 10 atom stereocenters. The first-order valence-electron chi connectivity index (χ1n) is 17.2. The third-order valence-corrected chi connectivity index (χ3v) is 15.7. The molecule has 7 rings (SSSR count). The van der Waals surface area contributed by atoms with E-state index in [0.717, 1.165) is 0 Å². The minimum atomic E-state index is -3.65. The van der Waals surface area contributed by atoms with Crippen molar-refractivity contribution in [3.05, 3.63) is 33.9 Å². The van der Waals surface area contributed by atoms with Crippen LogP contribution in [0.3, 0.4) is 0 Å². The molecule has 6 fully saturated rings. The van der Waals surface area contributed by atoms with Crippen LogP contribution in [0.25, 0.3) is 0 Å². The normalized spacial score (nSPS) is 36.7. The van der Waals surface area contributed by atoms with Crippen LogP contribution in [0.5, 0.6) is 0 Å². The number of halogens is 1. The van der Waals surface area contributed by atoms with E-state index in [4.69, 9.17) is 25.1 Å². The standard InChI is InChI=1S/C36H43IO12/c1-7-33(3,4)27(38)44-23-18-14-21-25(23)46-29(40)35(21,16-18)31(42)48-37(20-12-10-9-11-13-20)49-32(43)36-17-19-15-22(36)26(47-30(36)41)24(19)45-28(39)34(5,6)8-2/h9-13,18-19,21-26H,7-8,14-17H2,1-6H3. The molecule has 6 aliphatic rings. The molecule has 0 amide bonds. The summed E-state index contributed by atoms with van der Waals surface area (Å²) in [5.41, 5.74) is -4.61. The number of esters is 4. The van der Waals surface area contributed by atoms with E-state index in [1.165, 1.54) is 0 Å². The third-order valence-electron chi connectivity index (χ3n) is 12.4. The Balaban J connectivity index is 1.09. The SMILES string of the molecule is CCC(C)(C)C(=O)OC1C2CC3C1OC(=O)C3(C(=O)OI(OC(=O)C13CC4CC1C(OC3=O)C4OC(=O)C(C)(C)CC)c1ccccc1)C2. The molecule has 10 unspecified atom stereocenters. The fourth-order valence-corrected chi connectivity index (χ4v) is 11.7. The first-order chi connectivity index (χ1) is 23.1. The van der Waals surface area contributed by atoms with Gasteiger partial charge in [0.2, 0.25) is 0 Å².